The van der Waals surface area contributed by atoms with Crippen molar-refractivity contribution in [2.75, 3.05) is 6.61 Å². The minimum absolute atomic E-state index is 0.870. The molecule has 0 aromatic heterocycles. The van der Waals surface area contributed by atoms with Crippen LogP contribution in [0.5, 0.6) is 0 Å². The first-order valence-corrected chi connectivity index (χ1v) is 3.45. The van der Waals surface area contributed by atoms with Crippen LogP contribution in [0, 0.1) is 12.0 Å². The molecule has 0 bridgehead atoms. The topological polar surface area (TPSA) is 9.23 Å². The molecule has 1 heterocycles. The molecule has 0 aromatic carbocycles. The van der Waals surface area contributed by atoms with Gasteiger partial charge in [-0.25, -0.2) is 0 Å². The summed E-state index contributed by atoms with van der Waals surface area (Å²) in [6.07, 6.45) is 6.74. The van der Waals surface area contributed by atoms with Crippen molar-refractivity contribution < 1.29 is 4.74 Å². The third-order valence-corrected chi connectivity index (χ3v) is 2.18. The predicted molar refractivity (Wildman–Crippen MR) is 31.2 cm³/mol. The van der Waals surface area contributed by atoms with Gasteiger partial charge in [-0.2, -0.15) is 0 Å². The summed E-state index contributed by atoms with van der Waals surface area (Å²) in [5.74, 6) is 0.870. The molecule has 0 amide bonds. The zero-order chi connectivity index (χ0) is 5.40. The molecule has 1 atom stereocenters. The summed E-state index contributed by atoms with van der Waals surface area (Å²) in [6, 6.07) is 0. The quantitative estimate of drug-likeness (QED) is 0.462. The van der Waals surface area contributed by atoms with Gasteiger partial charge >= 0.3 is 0 Å². The zero-order valence-corrected chi connectivity index (χ0v) is 5.02. The maximum atomic E-state index is 5.39. The van der Waals surface area contributed by atoms with Gasteiger partial charge < -0.3 is 4.74 Å². The van der Waals surface area contributed by atoms with E-state index in [1.54, 1.807) is 0 Å². The van der Waals surface area contributed by atoms with E-state index in [2.05, 4.69) is 0 Å². The first-order valence-electron chi connectivity index (χ1n) is 3.45. The van der Waals surface area contributed by atoms with Crippen molar-refractivity contribution in [3.63, 3.8) is 0 Å². The van der Waals surface area contributed by atoms with Gasteiger partial charge in [0.25, 0.3) is 0 Å². The molecule has 0 spiro atoms. The number of hydrogen-bond acceptors (Lipinski definition) is 1. The molecule has 2 fully saturated rings. The monoisotopic (exact) mass is 111 g/mol. The Morgan fingerprint density at radius 3 is 3.25 bits per heavy atom. The number of ether oxygens (including phenoxy) is 1. The van der Waals surface area contributed by atoms with Gasteiger partial charge in [-0.15, -0.1) is 0 Å². The van der Waals surface area contributed by atoms with Gasteiger partial charge in [0.1, 0.15) is 6.10 Å². The Morgan fingerprint density at radius 1 is 1.38 bits per heavy atom. The molecule has 1 saturated carbocycles. The van der Waals surface area contributed by atoms with Crippen molar-refractivity contribution >= 4 is 0 Å². The fourth-order valence-electron chi connectivity index (χ4n) is 1.72. The standard InChI is InChI=1S/C7H11O/c1-2-6-4-5-8-7(6)3-1/h6H,1-5H2. The molecular weight excluding hydrogens is 100 g/mol. The van der Waals surface area contributed by atoms with Gasteiger partial charge in [-0.3, -0.25) is 0 Å². The third-order valence-electron chi connectivity index (χ3n) is 2.18. The number of rotatable bonds is 0. The Morgan fingerprint density at radius 2 is 2.38 bits per heavy atom. The fraction of sp³-hybridized carbons (Fsp3) is 0.857. The minimum Gasteiger partial charge on any atom is -0.372 e. The smallest absolute Gasteiger partial charge is 0.100 e. The maximum Gasteiger partial charge on any atom is 0.100 e. The second-order valence-electron chi connectivity index (χ2n) is 2.69. The predicted octanol–water partition coefficient (Wildman–Crippen LogP) is 1.74. The molecule has 45 valence electrons. The van der Waals surface area contributed by atoms with Crippen LogP contribution in [0.25, 0.3) is 0 Å². The summed E-state index contributed by atoms with van der Waals surface area (Å²) >= 11 is 0. The average molecular weight is 111 g/mol. The zero-order valence-electron chi connectivity index (χ0n) is 5.02. The highest BCUT2D eigenvalue weighted by molar-refractivity contribution is 4.96. The fourth-order valence-corrected chi connectivity index (χ4v) is 1.72. The van der Waals surface area contributed by atoms with Crippen LogP contribution in [0.2, 0.25) is 0 Å². The van der Waals surface area contributed by atoms with Crippen LogP contribution in [0.1, 0.15) is 25.7 Å². The molecule has 1 radical (unpaired) electrons. The molecule has 1 aliphatic heterocycles. The van der Waals surface area contributed by atoms with Crippen LogP contribution in [-0.2, 0) is 4.74 Å². The summed E-state index contributed by atoms with van der Waals surface area (Å²) < 4.78 is 5.39. The van der Waals surface area contributed by atoms with E-state index in [-0.39, 0.29) is 0 Å². The molecule has 1 saturated heterocycles. The van der Waals surface area contributed by atoms with E-state index >= 15 is 0 Å². The summed E-state index contributed by atoms with van der Waals surface area (Å²) in [6.45, 7) is 1.00. The van der Waals surface area contributed by atoms with Gasteiger partial charge in [-0.1, -0.05) is 6.42 Å². The Bertz CT molecular complexity index is 70.4. The summed E-state index contributed by atoms with van der Waals surface area (Å²) in [4.78, 5) is 0. The van der Waals surface area contributed by atoms with Crippen LogP contribution in [0.3, 0.4) is 0 Å². The van der Waals surface area contributed by atoms with Crippen molar-refractivity contribution in [2.45, 2.75) is 25.7 Å². The highest BCUT2D eigenvalue weighted by Crippen LogP contribution is 2.40. The van der Waals surface area contributed by atoms with E-state index in [1.807, 2.05) is 0 Å². The average Bonchev–Trinajstić information content (AvgIpc) is 2.15. The second kappa shape index (κ2) is 1.73. The molecular formula is C7H11O. The van der Waals surface area contributed by atoms with Crippen molar-refractivity contribution in [2.24, 2.45) is 5.92 Å². The lowest BCUT2D eigenvalue weighted by Gasteiger charge is -2.02. The van der Waals surface area contributed by atoms with Gasteiger partial charge in [0.2, 0.25) is 0 Å². The summed E-state index contributed by atoms with van der Waals surface area (Å²) in [5, 5.41) is 0. The molecule has 1 unspecified atom stereocenters. The Kier molecular flexibility index (Phi) is 1.04. The molecule has 0 aromatic rings. The Hall–Kier alpha value is -0.0400. The number of hydrogen-bond donors (Lipinski definition) is 0. The number of fused-ring (bicyclic) bond motifs is 1. The Balaban J connectivity index is 2.04. The van der Waals surface area contributed by atoms with Gasteiger partial charge in [-0.05, 0) is 25.2 Å². The van der Waals surface area contributed by atoms with E-state index in [0.717, 1.165) is 12.5 Å². The maximum absolute atomic E-state index is 5.39. The first-order chi connectivity index (χ1) is 3.97. The van der Waals surface area contributed by atoms with Crippen LogP contribution < -0.4 is 0 Å². The van der Waals surface area contributed by atoms with Crippen LogP contribution in [0.4, 0.5) is 0 Å². The van der Waals surface area contributed by atoms with E-state index in [9.17, 15) is 0 Å². The lowest BCUT2D eigenvalue weighted by molar-refractivity contribution is 0.190. The summed E-state index contributed by atoms with van der Waals surface area (Å²) in [7, 11) is 0. The molecule has 1 heteroatoms. The van der Waals surface area contributed by atoms with E-state index in [0.29, 0.717) is 0 Å². The molecule has 8 heavy (non-hydrogen) atoms. The van der Waals surface area contributed by atoms with Gasteiger partial charge in [0.15, 0.2) is 0 Å². The SMILES string of the molecule is C1C[C]2OCCC2C1. The lowest BCUT2D eigenvalue weighted by atomic mass is 10.1. The van der Waals surface area contributed by atoms with Crippen LogP contribution in [-0.4, -0.2) is 6.61 Å². The van der Waals surface area contributed by atoms with Crippen molar-refractivity contribution in [1.82, 2.24) is 0 Å². The highest BCUT2D eigenvalue weighted by Gasteiger charge is 2.33. The third kappa shape index (κ3) is 0.576. The van der Waals surface area contributed by atoms with E-state index in [4.69, 9.17) is 4.74 Å². The van der Waals surface area contributed by atoms with Crippen molar-refractivity contribution in [1.29, 1.82) is 0 Å². The van der Waals surface area contributed by atoms with Crippen LogP contribution in [0.15, 0.2) is 0 Å². The largest absolute Gasteiger partial charge is 0.372 e. The minimum atomic E-state index is 0.870. The van der Waals surface area contributed by atoms with Gasteiger partial charge in [0.05, 0.1) is 0 Å². The van der Waals surface area contributed by atoms with Crippen LogP contribution >= 0.6 is 0 Å². The molecule has 2 aliphatic rings. The highest BCUT2D eigenvalue weighted by atomic mass is 16.5. The molecule has 1 aliphatic carbocycles. The van der Waals surface area contributed by atoms with Crippen molar-refractivity contribution in [3.05, 3.63) is 6.10 Å². The molecule has 1 nitrogen and oxygen atoms in total. The summed E-state index contributed by atoms with van der Waals surface area (Å²) in [5.41, 5.74) is 0. The normalized spacial score (nSPS) is 38.2. The van der Waals surface area contributed by atoms with Gasteiger partial charge in [0, 0.05) is 6.61 Å². The molecule has 0 N–H and O–H groups in total. The Labute approximate surface area is 50.0 Å². The van der Waals surface area contributed by atoms with Crippen molar-refractivity contribution in [3.8, 4) is 0 Å². The van der Waals surface area contributed by atoms with E-state index < -0.39 is 0 Å². The second-order valence-corrected chi connectivity index (χ2v) is 2.69. The lowest BCUT2D eigenvalue weighted by Crippen LogP contribution is -1.94. The first kappa shape index (κ1) is 4.80. The molecule has 2 rings (SSSR count). The van der Waals surface area contributed by atoms with E-state index in [1.165, 1.54) is 31.8 Å².